The summed E-state index contributed by atoms with van der Waals surface area (Å²) in [6.07, 6.45) is 2.21. The van der Waals surface area contributed by atoms with Crippen molar-refractivity contribution in [1.29, 1.82) is 0 Å². The smallest absolute Gasteiger partial charge is 0.158 e. The highest BCUT2D eigenvalue weighted by atomic mass is 35.5. The zero-order valence-corrected chi connectivity index (χ0v) is 6.93. The molecule has 1 rings (SSSR count). The van der Waals surface area contributed by atoms with Crippen LogP contribution in [0.2, 0.25) is 0 Å². The fraction of sp³-hybridized carbons (Fsp3) is 1.00. The number of hydrogen-bond donors (Lipinski definition) is 0. The molecule has 0 unspecified atom stereocenters. The van der Waals surface area contributed by atoms with E-state index in [1.165, 1.54) is 0 Å². The molecular weight excluding hydrogens is 152 g/mol. The van der Waals surface area contributed by atoms with Crippen molar-refractivity contribution in [3.8, 4) is 0 Å². The van der Waals surface area contributed by atoms with Crippen LogP contribution in [0.5, 0.6) is 0 Å². The standard InChI is InChI=1S/C7H13ClO2/c1-2-3-7-9-5-6(4-8)10-7/h6-7H,2-5H2,1H3/t6-,7-/m1/s1. The highest BCUT2D eigenvalue weighted by Crippen LogP contribution is 2.16. The highest BCUT2D eigenvalue weighted by molar-refractivity contribution is 6.18. The molecule has 60 valence electrons. The molecule has 1 heterocycles. The Morgan fingerprint density at radius 2 is 2.40 bits per heavy atom. The van der Waals surface area contributed by atoms with E-state index in [0.717, 1.165) is 12.8 Å². The molecule has 0 spiro atoms. The molecule has 0 aliphatic carbocycles. The lowest BCUT2D eigenvalue weighted by Gasteiger charge is -2.07. The van der Waals surface area contributed by atoms with Crippen molar-refractivity contribution < 1.29 is 9.47 Å². The zero-order chi connectivity index (χ0) is 7.40. The van der Waals surface area contributed by atoms with Gasteiger partial charge in [-0.1, -0.05) is 13.3 Å². The predicted molar refractivity (Wildman–Crippen MR) is 40.2 cm³/mol. The minimum absolute atomic E-state index is 0.00810. The summed E-state index contributed by atoms with van der Waals surface area (Å²) in [5.41, 5.74) is 0. The SMILES string of the molecule is CCC[C@@H]1OC[C@@H](CCl)O1. The van der Waals surface area contributed by atoms with Crippen molar-refractivity contribution in [1.82, 2.24) is 0 Å². The average molecular weight is 165 g/mol. The maximum absolute atomic E-state index is 5.57. The number of rotatable bonds is 3. The van der Waals surface area contributed by atoms with Gasteiger partial charge in [0.15, 0.2) is 6.29 Å². The van der Waals surface area contributed by atoms with Gasteiger partial charge in [0.05, 0.1) is 18.6 Å². The maximum Gasteiger partial charge on any atom is 0.158 e. The van der Waals surface area contributed by atoms with Gasteiger partial charge in [-0.3, -0.25) is 0 Å². The first-order valence-electron chi connectivity index (χ1n) is 3.69. The normalized spacial score (nSPS) is 33.0. The van der Waals surface area contributed by atoms with Crippen LogP contribution in [-0.2, 0) is 9.47 Å². The minimum Gasteiger partial charge on any atom is -0.350 e. The molecule has 1 aliphatic rings. The van der Waals surface area contributed by atoms with Gasteiger partial charge in [-0.05, 0) is 6.42 Å². The Morgan fingerprint density at radius 1 is 1.60 bits per heavy atom. The maximum atomic E-state index is 5.57. The molecule has 0 bridgehead atoms. The van der Waals surface area contributed by atoms with Gasteiger partial charge < -0.3 is 9.47 Å². The third kappa shape index (κ3) is 2.11. The van der Waals surface area contributed by atoms with Crippen molar-refractivity contribution in [2.24, 2.45) is 0 Å². The molecule has 0 radical (unpaired) electrons. The van der Waals surface area contributed by atoms with Crippen LogP contribution < -0.4 is 0 Å². The summed E-state index contributed by atoms with van der Waals surface area (Å²) in [7, 11) is 0. The van der Waals surface area contributed by atoms with E-state index in [2.05, 4.69) is 6.92 Å². The van der Waals surface area contributed by atoms with E-state index in [-0.39, 0.29) is 12.4 Å². The molecule has 1 fully saturated rings. The van der Waals surface area contributed by atoms with Crippen molar-refractivity contribution in [3.63, 3.8) is 0 Å². The Morgan fingerprint density at radius 3 is 2.90 bits per heavy atom. The lowest BCUT2D eigenvalue weighted by atomic mass is 10.3. The molecule has 0 N–H and O–H groups in total. The molecule has 0 amide bonds. The Labute approximate surface area is 66.5 Å². The lowest BCUT2D eigenvalue weighted by molar-refractivity contribution is -0.0588. The van der Waals surface area contributed by atoms with Crippen LogP contribution in [-0.4, -0.2) is 24.9 Å². The second-order valence-electron chi connectivity index (χ2n) is 2.46. The molecule has 2 atom stereocenters. The Balaban J connectivity index is 2.15. The minimum atomic E-state index is 0.00810. The second kappa shape index (κ2) is 4.16. The van der Waals surface area contributed by atoms with Crippen LogP contribution >= 0.6 is 11.6 Å². The molecule has 0 saturated carbocycles. The van der Waals surface area contributed by atoms with Gasteiger partial charge in [0.25, 0.3) is 0 Å². The topological polar surface area (TPSA) is 18.5 Å². The van der Waals surface area contributed by atoms with Crippen molar-refractivity contribution in [2.45, 2.75) is 32.2 Å². The van der Waals surface area contributed by atoms with Crippen LogP contribution in [0.4, 0.5) is 0 Å². The summed E-state index contributed by atoms with van der Waals surface area (Å²) in [5, 5.41) is 0. The molecule has 0 aromatic carbocycles. The van der Waals surface area contributed by atoms with E-state index in [4.69, 9.17) is 21.1 Å². The van der Waals surface area contributed by atoms with Crippen LogP contribution in [0, 0.1) is 0 Å². The second-order valence-corrected chi connectivity index (χ2v) is 2.77. The van der Waals surface area contributed by atoms with Crippen molar-refractivity contribution >= 4 is 11.6 Å². The van der Waals surface area contributed by atoms with Gasteiger partial charge in [0, 0.05) is 0 Å². The average Bonchev–Trinajstić information content (AvgIpc) is 2.37. The first-order chi connectivity index (χ1) is 4.86. The van der Waals surface area contributed by atoms with Gasteiger partial charge >= 0.3 is 0 Å². The summed E-state index contributed by atoms with van der Waals surface area (Å²) in [6.45, 7) is 2.77. The largest absolute Gasteiger partial charge is 0.350 e. The number of ether oxygens (including phenoxy) is 2. The Kier molecular flexibility index (Phi) is 3.46. The fourth-order valence-corrected chi connectivity index (χ4v) is 1.14. The third-order valence-electron chi connectivity index (χ3n) is 1.51. The van der Waals surface area contributed by atoms with Crippen LogP contribution in [0.15, 0.2) is 0 Å². The van der Waals surface area contributed by atoms with E-state index < -0.39 is 0 Å². The van der Waals surface area contributed by atoms with E-state index in [0.29, 0.717) is 12.5 Å². The molecule has 0 aromatic rings. The van der Waals surface area contributed by atoms with E-state index in [1.54, 1.807) is 0 Å². The number of hydrogen-bond acceptors (Lipinski definition) is 2. The monoisotopic (exact) mass is 164 g/mol. The van der Waals surface area contributed by atoms with Crippen molar-refractivity contribution in [3.05, 3.63) is 0 Å². The summed E-state index contributed by atoms with van der Waals surface area (Å²) in [4.78, 5) is 0. The molecule has 10 heavy (non-hydrogen) atoms. The fourth-order valence-electron chi connectivity index (χ4n) is 0.976. The first kappa shape index (κ1) is 8.31. The third-order valence-corrected chi connectivity index (χ3v) is 1.85. The molecule has 1 saturated heterocycles. The first-order valence-corrected chi connectivity index (χ1v) is 4.23. The molecule has 1 aliphatic heterocycles. The molecular formula is C7H13ClO2. The van der Waals surface area contributed by atoms with Gasteiger partial charge in [0.2, 0.25) is 0 Å². The van der Waals surface area contributed by atoms with Gasteiger partial charge in [-0.15, -0.1) is 11.6 Å². The number of alkyl halides is 1. The van der Waals surface area contributed by atoms with Gasteiger partial charge in [-0.25, -0.2) is 0 Å². The van der Waals surface area contributed by atoms with Crippen molar-refractivity contribution in [2.75, 3.05) is 12.5 Å². The zero-order valence-electron chi connectivity index (χ0n) is 6.18. The van der Waals surface area contributed by atoms with Crippen LogP contribution in [0.3, 0.4) is 0 Å². The summed E-state index contributed by atoms with van der Waals surface area (Å²) >= 11 is 5.57. The van der Waals surface area contributed by atoms with E-state index in [1.807, 2.05) is 0 Å². The molecule has 0 aromatic heterocycles. The predicted octanol–water partition coefficient (Wildman–Crippen LogP) is 1.77. The Hall–Kier alpha value is 0.210. The highest BCUT2D eigenvalue weighted by Gasteiger charge is 2.23. The summed E-state index contributed by atoms with van der Waals surface area (Å²) < 4.78 is 10.7. The lowest BCUT2D eigenvalue weighted by Crippen LogP contribution is -2.13. The van der Waals surface area contributed by atoms with E-state index >= 15 is 0 Å². The van der Waals surface area contributed by atoms with Crippen LogP contribution in [0.25, 0.3) is 0 Å². The van der Waals surface area contributed by atoms with Gasteiger partial charge in [-0.2, -0.15) is 0 Å². The quantitative estimate of drug-likeness (QED) is 0.592. The molecule has 3 heteroatoms. The van der Waals surface area contributed by atoms with Gasteiger partial charge in [0.1, 0.15) is 0 Å². The summed E-state index contributed by atoms with van der Waals surface area (Å²) in [5.74, 6) is 0.542. The Bertz CT molecular complexity index is 97.6. The number of halogens is 1. The van der Waals surface area contributed by atoms with E-state index in [9.17, 15) is 0 Å². The summed E-state index contributed by atoms with van der Waals surface area (Å²) in [6, 6.07) is 0. The van der Waals surface area contributed by atoms with Crippen LogP contribution in [0.1, 0.15) is 19.8 Å². The molecule has 2 nitrogen and oxygen atoms in total.